The maximum atomic E-state index is 13.1. The van der Waals surface area contributed by atoms with E-state index in [9.17, 15) is 14.0 Å². The van der Waals surface area contributed by atoms with Gasteiger partial charge in [-0.25, -0.2) is 14.2 Å². The van der Waals surface area contributed by atoms with E-state index in [1.54, 1.807) is 12.1 Å². The molecule has 0 spiro atoms. The third kappa shape index (κ3) is 2.94. The number of amides is 3. The predicted octanol–water partition coefficient (Wildman–Crippen LogP) is 3.84. The Labute approximate surface area is 161 Å². The number of carbonyl (C=O) groups is 2. The first kappa shape index (κ1) is 17.9. The minimum atomic E-state index is -1.08. The molecule has 1 unspecified atom stereocenters. The van der Waals surface area contributed by atoms with Crippen molar-refractivity contribution in [2.75, 3.05) is 0 Å². The molecule has 3 amide bonds. The smallest absolute Gasteiger partial charge is 0.325 e. The number of hydrogen-bond acceptors (Lipinski definition) is 4. The zero-order chi connectivity index (χ0) is 19.7. The molecular formula is C21H18FN3O3. The molecule has 1 aromatic heterocycles. The zero-order valence-corrected chi connectivity index (χ0v) is 15.2. The fourth-order valence-electron chi connectivity index (χ4n) is 3.40. The van der Waals surface area contributed by atoms with E-state index in [0.29, 0.717) is 23.6 Å². The molecule has 3 aromatic rings. The fourth-order valence-corrected chi connectivity index (χ4v) is 3.40. The van der Waals surface area contributed by atoms with Gasteiger partial charge in [-0.15, -0.1) is 0 Å². The predicted molar refractivity (Wildman–Crippen MR) is 99.4 cm³/mol. The summed E-state index contributed by atoms with van der Waals surface area (Å²) in [7, 11) is 0. The van der Waals surface area contributed by atoms with Crippen LogP contribution in [0.15, 0.2) is 65.3 Å². The zero-order valence-electron chi connectivity index (χ0n) is 15.2. The van der Waals surface area contributed by atoms with Crippen molar-refractivity contribution in [1.82, 2.24) is 15.2 Å². The van der Waals surface area contributed by atoms with Crippen LogP contribution in [-0.2, 0) is 16.9 Å². The van der Waals surface area contributed by atoms with Gasteiger partial charge in [-0.1, -0.05) is 37.3 Å². The second kappa shape index (κ2) is 6.92. The van der Waals surface area contributed by atoms with E-state index < -0.39 is 11.6 Å². The highest BCUT2D eigenvalue weighted by atomic mass is 19.1. The number of nitrogens with zero attached hydrogens (tertiary/aromatic N) is 2. The second-order valence-electron chi connectivity index (χ2n) is 6.60. The summed E-state index contributed by atoms with van der Waals surface area (Å²) >= 11 is 0. The van der Waals surface area contributed by atoms with Gasteiger partial charge in [0.1, 0.15) is 17.6 Å². The molecule has 0 radical (unpaired) electrons. The number of benzene rings is 2. The van der Waals surface area contributed by atoms with E-state index in [1.807, 2.05) is 37.3 Å². The highest BCUT2D eigenvalue weighted by Crippen LogP contribution is 2.33. The van der Waals surface area contributed by atoms with Crippen molar-refractivity contribution in [3.05, 3.63) is 77.9 Å². The lowest BCUT2D eigenvalue weighted by Crippen LogP contribution is -2.43. The lowest BCUT2D eigenvalue weighted by atomic mass is 9.87. The van der Waals surface area contributed by atoms with Gasteiger partial charge in [0.2, 0.25) is 5.89 Å². The Morgan fingerprint density at radius 2 is 1.82 bits per heavy atom. The van der Waals surface area contributed by atoms with Gasteiger partial charge >= 0.3 is 6.03 Å². The molecule has 2 aromatic carbocycles. The van der Waals surface area contributed by atoms with Crippen LogP contribution in [0, 0.1) is 5.82 Å². The number of hydrogen-bond donors (Lipinski definition) is 1. The van der Waals surface area contributed by atoms with Crippen LogP contribution in [0.2, 0.25) is 0 Å². The SMILES string of the molecule is CCC1(c2ccccc2)NC(=O)N(Cc2coc(-c3ccc(F)cc3)n2)C1=O. The van der Waals surface area contributed by atoms with Gasteiger partial charge in [-0.3, -0.25) is 9.69 Å². The fraction of sp³-hybridized carbons (Fsp3) is 0.190. The topological polar surface area (TPSA) is 75.4 Å². The van der Waals surface area contributed by atoms with Crippen LogP contribution in [0.25, 0.3) is 11.5 Å². The van der Waals surface area contributed by atoms with E-state index >= 15 is 0 Å². The molecule has 1 aliphatic heterocycles. The van der Waals surface area contributed by atoms with Crippen LogP contribution in [0.5, 0.6) is 0 Å². The molecule has 1 fully saturated rings. The van der Waals surface area contributed by atoms with Crippen LogP contribution < -0.4 is 5.32 Å². The van der Waals surface area contributed by atoms with E-state index in [2.05, 4.69) is 10.3 Å². The third-order valence-corrected chi connectivity index (χ3v) is 4.94. The highest BCUT2D eigenvalue weighted by molar-refractivity contribution is 6.07. The molecule has 1 saturated heterocycles. The summed E-state index contributed by atoms with van der Waals surface area (Å²) in [6.07, 6.45) is 1.82. The Hall–Kier alpha value is -3.48. The maximum absolute atomic E-state index is 13.1. The minimum absolute atomic E-state index is 0.00998. The van der Waals surface area contributed by atoms with Crippen LogP contribution in [-0.4, -0.2) is 21.8 Å². The van der Waals surface area contributed by atoms with Crippen molar-refractivity contribution in [2.45, 2.75) is 25.4 Å². The summed E-state index contributed by atoms with van der Waals surface area (Å²) in [5.74, 6) is -0.379. The van der Waals surface area contributed by atoms with Crippen molar-refractivity contribution in [1.29, 1.82) is 0 Å². The first-order chi connectivity index (χ1) is 13.5. The van der Waals surface area contributed by atoms with Crippen molar-refractivity contribution < 1.29 is 18.4 Å². The number of carbonyl (C=O) groups excluding carboxylic acids is 2. The second-order valence-corrected chi connectivity index (χ2v) is 6.60. The molecule has 1 aliphatic rings. The van der Waals surface area contributed by atoms with Crippen molar-refractivity contribution >= 4 is 11.9 Å². The Kier molecular flexibility index (Phi) is 4.43. The van der Waals surface area contributed by atoms with Crippen LogP contribution in [0.3, 0.4) is 0 Å². The molecule has 6 nitrogen and oxygen atoms in total. The summed E-state index contributed by atoms with van der Waals surface area (Å²) in [4.78, 5) is 31.1. The summed E-state index contributed by atoms with van der Waals surface area (Å²) in [5, 5.41) is 2.84. The lowest BCUT2D eigenvalue weighted by Gasteiger charge is -2.25. The number of imide groups is 1. The molecule has 4 rings (SSSR count). The number of halogens is 1. The average molecular weight is 379 g/mol. The Bertz CT molecular complexity index is 1020. The minimum Gasteiger partial charge on any atom is -0.444 e. The van der Waals surface area contributed by atoms with Crippen molar-refractivity contribution in [2.24, 2.45) is 0 Å². The van der Waals surface area contributed by atoms with Crippen LogP contribution >= 0.6 is 0 Å². The van der Waals surface area contributed by atoms with Gasteiger partial charge in [0.05, 0.1) is 12.2 Å². The average Bonchev–Trinajstić information content (AvgIpc) is 3.28. The molecule has 1 N–H and O–H groups in total. The molecular weight excluding hydrogens is 361 g/mol. The Morgan fingerprint density at radius 3 is 2.50 bits per heavy atom. The molecule has 142 valence electrons. The van der Waals surface area contributed by atoms with Gasteiger partial charge in [0.25, 0.3) is 5.91 Å². The number of nitrogens with one attached hydrogen (secondary N) is 1. The van der Waals surface area contributed by atoms with E-state index in [4.69, 9.17) is 4.42 Å². The van der Waals surface area contributed by atoms with Gasteiger partial charge in [0, 0.05) is 5.56 Å². The highest BCUT2D eigenvalue weighted by Gasteiger charge is 2.51. The van der Waals surface area contributed by atoms with Crippen LogP contribution in [0.4, 0.5) is 9.18 Å². The molecule has 1 atom stereocenters. The van der Waals surface area contributed by atoms with Crippen LogP contribution in [0.1, 0.15) is 24.6 Å². The molecule has 28 heavy (non-hydrogen) atoms. The quantitative estimate of drug-likeness (QED) is 0.684. The molecule has 0 aliphatic carbocycles. The molecule has 2 heterocycles. The largest absolute Gasteiger partial charge is 0.444 e. The van der Waals surface area contributed by atoms with E-state index in [-0.39, 0.29) is 18.3 Å². The van der Waals surface area contributed by atoms with Gasteiger partial charge in [-0.2, -0.15) is 0 Å². The molecule has 0 saturated carbocycles. The first-order valence-corrected chi connectivity index (χ1v) is 8.93. The number of rotatable bonds is 5. The first-order valence-electron chi connectivity index (χ1n) is 8.93. The summed E-state index contributed by atoms with van der Waals surface area (Å²) < 4.78 is 18.5. The van der Waals surface area contributed by atoms with Crippen molar-refractivity contribution in [3.63, 3.8) is 0 Å². The van der Waals surface area contributed by atoms with Gasteiger partial charge < -0.3 is 9.73 Å². The number of aromatic nitrogens is 1. The van der Waals surface area contributed by atoms with E-state index in [1.165, 1.54) is 18.4 Å². The Balaban J connectivity index is 1.58. The lowest BCUT2D eigenvalue weighted by molar-refractivity contribution is -0.132. The summed E-state index contributed by atoms with van der Waals surface area (Å²) in [5.41, 5.74) is 0.701. The normalized spacial score (nSPS) is 19.1. The number of oxazole rings is 1. The monoisotopic (exact) mass is 379 g/mol. The summed E-state index contributed by atoms with van der Waals surface area (Å²) in [6, 6.07) is 14.4. The Morgan fingerprint density at radius 1 is 1.11 bits per heavy atom. The number of urea groups is 1. The standard InChI is InChI=1S/C21H18FN3O3/c1-2-21(15-6-4-3-5-7-15)19(26)25(20(27)24-21)12-17-13-28-18(23-17)14-8-10-16(22)11-9-14/h3-11,13H,2,12H2,1H3,(H,24,27). The third-order valence-electron chi connectivity index (χ3n) is 4.94. The molecule has 0 bridgehead atoms. The van der Waals surface area contributed by atoms with Crippen molar-refractivity contribution in [3.8, 4) is 11.5 Å². The summed E-state index contributed by atoms with van der Waals surface area (Å²) in [6.45, 7) is 1.85. The van der Waals surface area contributed by atoms with Gasteiger partial charge in [0.15, 0.2) is 0 Å². The maximum Gasteiger partial charge on any atom is 0.325 e. The van der Waals surface area contributed by atoms with E-state index in [0.717, 1.165) is 10.5 Å². The molecule has 7 heteroatoms. The van der Waals surface area contributed by atoms with Gasteiger partial charge in [-0.05, 0) is 36.2 Å².